The zero-order valence-electron chi connectivity index (χ0n) is 2.89. The Balaban J connectivity index is 0. The van der Waals surface area contributed by atoms with Gasteiger partial charge in [0, 0.05) is 0 Å². The van der Waals surface area contributed by atoms with Crippen LogP contribution in [0.4, 0.5) is 0 Å². The molecule has 0 bridgehead atoms. The van der Waals surface area contributed by atoms with Crippen molar-refractivity contribution in [2.75, 3.05) is 6.61 Å². The quantitative estimate of drug-likeness (QED) is 0.474. The molecule has 3 N–H and O–H groups in total. The Kier molecular flexibility index (Phi) is 16.7. The molecule has 0 saturated carbocycles. The van der Waals surface area contributed by atoms with Crippen LogP contribution in [0.1, 0.15) is 0 Å². The Morgan fingerprint density at radius 3 is 2.00 bits per heavy atom. The minimum absolute atomic E-state index is 0. The standard InChI is InChI=1S/C2H6NO.Y/c3-1-2-4;/h1,4H,2-3H2;/q-1;+3. The van der Waals surface area contributed by atoms with Crippen LogP contribution in [0.5, 0.6) is 0 Å². The van der Waals surface area contributed by atoms with E-state index in [1.54, 1.807) is 0 Å². The Labute approximate surface area is 56.6 Å². The van der Waals surface area contributed by atoms with E-state index in [0.717, 1.165) is 0 Å². The molecular weight excluding hydrogens is 143 g/mol. The molecule has 5 heavy (non-hydrogen) atoms. The van der Waals surface area contributed by atoms with Crippen molar-refractivity contribution >= 4 is 0 Å². The minimum atomic E-state index is -0.0278. The molecule has 26 valence electrons. The molecule has 0 amide bonds. The molecule has 0 aromatic rings. The molecule has 0 saturated heterocycles. The fraction of sp³-hybridized carbons (Fsp3) is 0.500. The smallest absolute Gasteiger partial charge is 0.481 e. The Bertz CT molecular complexity index is 11.6. The number of hydrogen-bond donors (Lipinski definition) is 2. The van der Waals surface area contributed by atoms with E-state index in [1.807, 2.05) is 0 Å². The van der Waals surface area contributed by atoms with E-state index in [2.05, 4.69) is 5.73 Å². The van der Waals surface area contributed by atoms with Gasteiger partial charge >= 0.3 is 32.7 Å². The number of hydrogen-bond acceptors (Lipinski definition) is 2. The van der Waals surface area contributed by atoms with Crippen molar-refractivity contribution in [2.45, 2.75) is 0 Å². The molecule has 0 aromatic heterocycles. The van der Waals surface area contributed by atoms with Crippen LogP contribution in [0.2, 0.25) is 0 Å². The van der Waals surface area contributed by atoms with Gasteiger partial charge in [0.05, 0.1) is 0 Å². The maximum atomic E-state index is 7.69. The summed E-state index contributed by atoms with van der Waals surface area (Å²) in [5.74, 6) is 0. The van der Waals surface area contributed by atoms with Crippen molar-refractivity contribution < 1.29 is 37.8 Å². The summed E-state index contributed by atoms with van der Waals surface area (Å²) in [7, 11) is 0. The molecule has 0 rings (SSSR count). The van der Waals surface area contributed by atoms with Gasteiger partial charge in [0.2, 0.25) is 0 Å². The number of rotatable bonds is 1. The van der Waals surface area contributed by atoms with E-state index in [1.165, 1.54) is 6.54 Å². The first-order chi connectivity index (χ1) is 1.91. The van der Waals surface area contributed by atoms with E-state index in [9.17, 15) is 0 Å². The third-order valence-corrected chi connectivity index (χ3v) is 0.105. The molecule has 0 aliphatic carbocycles. The van der Waals surface area contributed by atoms with Crippen LogP contribution in [0, 0.1) is 6.54 Å². The molecule has 2 nitrogen and oxygen atoms in total. The molecule has 0 aliphatic rings. The summed E-state index contributed by atoms with van der Waals surface area (Å²) in [5, 5.41) is 7.69. The summed E-state index contributed by atoms with van der Waals surface area (Å²) in [4.78, 5) is 0. The van der Waals surface area contributed by atoms with Gasteiger partial charge in [0.15, 0.2) is 0 Å². The zero-order valence-corrected chi connectivity index (χ0v) is 5.72. The molecule has 0 heterocycles. The van der Waals surface area contributed by atoms with Crippen LogP contribution in [0.25, 0.3) is 0 Å². The maximum Gasteiger partial charge on any atom is 3.00 e. The van der Waals surface area contributed by atoms with E-state index in [-0.39, 0.29) is 39.3 Å². The second-order valence-electron chi connectivity index (χ2n) is 0.418. The topological polar surface area (TPSA) is 46.2 Å². The maximum absolute atomic E-state index is 7.69. The first kappa shape index (κ1) is 9.39. The van der Waals surface area contributed by atoms with Gasteiger partial charge in [-0.25, -0.2) is 6.54 Å². The molecule has 0 fully saturated rings. The van der Waals surface area contributed by atoms with E-state index in [4.69, 9.17) is 5.11 Å². The van der Waals surface area contributed by atoms with Gasteiger partial charge in [-0.15, -0.1) is 0 Å². The molecule has 0 aromatic carbocycles. The summed E-state index contributed by atoms with van der Waals surface area (Å²) in [6.07, 6.45) is 0. The molecule has 0 atom stereocenters. The van der Waals surface area contributed by atoms with Gasteiger partial charge in [-0.2, -0.15) is 0 Å². The summed E-state index contributed by atoms with van der Waals surface area (Å²) in [6.45, 7) is 1.15. The van der Waals surface area contributed by atoms with E-state index in [0.29, 0.717) is 0 Å². The van der Waals surface area contributed by atoms with Crippen molar-refractivity contribution in [3.05, 3.63) is 6.54 Å². The van der Waals surface area contributed by atoms with Crippen molar-refractivity contribution in [1.29, 1.82) is 0 Å². The average molecular weight is 149 g/mol. The van der Waals surface area contributed by atoms with Crippen molar-refractivity contribution in [3.8, 4) is 0 Å². The Morgan fingerprint density at radius 2 is 2.00 bits per heavy atom. The molecule has 0 unspecified atom stereocenters. The van der Waals surface area contributed by atoms with Gasteiger partial charge in [-0.05, 0) is 0 Å². The van der Waals surface area contributed by atoms with Crippen LogP contribution in [-0.4, -0.2) is 11.7 Å². The fourth-order valence-corrected chi connectivity index (χ4v) is 0. The summed E-state index contributed by atoms with van der Waals surface area (Å²) in [6, 6.07) is 0. The normalized spacial score (nSPS) is 6.00. The van der Waals surface area contributed by atoms with E-state index >= 15 is 0 Å². The molecule has 3 heteroatoms. The summed E-state index contributed by atoms with van der Waals surface area (Å²) < 4.78 is 0. The second kappa shape index (κ2) is 8.90. The van der Waals surface area contributed by atoms with Crippen LogP contribution in [-0.2, 0) is 32.7 Å². The van der Waals surface area contributed by atoms with Crippen molar-refractivity contribution in [1.82, 2.24) is 0 Å². The van der Waals surface area contributed by atoms with Crippen LogP contribution < -0.4 is 5.73 Å². The third kappa shape index (κ3) is 11.2. The van der Waals surface area contributed by atoms with Gasteiger partial charge in [-0.3, -0.25) is 0 Å². The minimum Gasteiger partial charge on any atom is -0.481 e. The average Bonchev–Trinajstić information content (AvgIpc) is 1.37. The number of aliphatic hydroxyl groups is 1. The Hall–Kier alpha value is 1.02. The monoisotopic (exact) mass is 149 g/mol. The number of aliphatic hydroxyl groups excluding tert-OH is 1. The van der Waals surface area contributed by atoms with Gasteiger partial charge < -0.3 is 10.8 Å². The van der Waals surface area contributed by atoms with Crippen LogP contribution >= 0.6 is 0 Å². The molecular formula is C2H6NOY+2. The third-order valence-electron chi connectivity index (χ3n) is 0.105. The van der Waals surface area contributed by atoms with Gasteiger partial charge in [0.1, 0.15) is 0 Å². The fourth-order valence-electron chi connectivity index (χ4n) is 0. The first-order valence-electron chi connectivity index (χ1n) is 1.06. The predicted octanol–water partition coefficient (Wildman–Crippen LogP) is -0.903. The summed E-state index contributed by atoms with van der Waals surface area (Å²) in [5.41, 5.74) is 4.65. The molecule has 0 aliphatic heterocycles. The SMILES string of the molecule is N[CH-]CO.[Y+3]. The van der Waals surface area contributed by atoms with Crippen LogP contribution in [0.3, 0.4) is 0 Å². The summed E-state index contributed by atoms with van der Waals surface area (Å²) >= 11 is 0. The predicted molar refractivity (Wildman–Crippen MR) is 15.6 cm³/mol. The van der Waals surface area contributed by atoms with Crippen LogP contribution in [0.15, 0.2) is 0 Å². The van der Waals surface area contributed by atoms with Gasteiger partial charge in [0.25, 0.3) is 0 Å². The van der Waals surface area contributed by atoms with E-state index < -0.39 is 0 Å². The number of nitrogens with two attached hydrogens (primary N) is 1. The van der Waals surface area contributed by atoms with Crippen molar-refractivity contribution in [2.24, 2.45) is 5.73 Å². The zero-order chi connectivity index (χ0) is 3.41. The first-order valence-corrected chi connectivity index (χ1v) is 1.06. The van der Waals surface area contributed by atoms with Crippen molar-refractivity contribution in [3.63, 3.8) is 0 Å². The largest absolute Gasteiger partial charge is 3.00 e. The molecule has 0 radical (unpaired) electrons. The Morgan fingerprint density at radius 1 is 1.80 bits per heavy atom. The second-order valence-corrected chi connectivity index (χ2v) is 0.418. The van der Waals surface area contributed by atoms with Gasteiger partial charge in [-0.1, -0.05) is 6.61 Å². The molecule has 0 spiro atoms.